The molecule has 4 amide bonds. The molecule has 2 unspecified atom stereocenters. The van der Waals surface area contributed by atoms with Crippen LogP contribution in [-0.4, -0.2) is 48.0 Å². The van der Waals surface area contributed by atoms with E-state index >= 15 is 0 Å². The summed E-state index contributed by atoms with van der Waals surface area (Å²) >= 11 is 0. The van der Waals surface area contributed by atoms with E-state index in [9.17, 15) is 14.4 Å². The molecule has 4 rings (SSSR count). The monoisotopic (exact) mass is 436 g/mol. The molecule has 0 radical (unpaired) electrons. The Morgan fingerprint density at radius 3 is 2.59 bits per heavy atom. The largest absolute Gasteiger partial charge is 0.497 e. The summed E-state index contributed by atoms with van der Waals surface area (Å²) in [6.07, 6.45) is 1.96. The molecule has 2 heterocycles. The van der Waals surface area contributed by atoms with E-state index in [4.69, 9.17) is 4.74 Å². The van der Waals surface area contributed by atoms with Crippen LogP contribution in [0.15, 0.2) is 48.5 Å². The first kappa shape index (κ1) is 21.8. The average Bonchev–Trinajstić information content (AvgIpc) is 3.32. The minimum Gasteiger partial charge on any atom is -0.497 e. The zero-order valence-corrected chi connectivity index (χ0v) is 18.6. The number of amides is 4. The van der Waals surface area contributed by atoms with Crippen molar-refractivity contribution in [1.82, 2.24) is 20.7 Å². The minimum atomic E-state index is -1.27. The summed E-state index contributed by atoms with van der Waals surface area (Å²) in [5.74, 6) is -0.279. The lowest BCUT2D eigenvalue weighted by atomic mass is 9.92. The van der Waals surface area contributed by atoms with E-state index in [1.807, 2.05) is 12.1 Å². The number of nitrogens with one attached hydrogen (secondary N) is 2. The van der Waals surface area contributed by atoms with Crippen molar-refractivity contribution in [2.45, 2.75) is 38.3 Å². The van der Waals surface area contributed by atoms with Crippen molar-refractivity contribution in [2.24, 2.45) is 0 Å². The summed E-state index contributed by atoms with van der Waals surface area (Å²) in [6.45, 7) is 4.58. The molecule has 168 valence electrons. The Kier molecular flexibility index (Phi) is 5.88. The summed E-state index contributed by atoms with van der Waals surface area (Å²) in [7, 11) is 1.56. The van der Waals surface area contributed by atoms with Crippen LogP contribution in [0, 0.1) is 6.92 Å². The molecular formula is C24H28N4O4. The minimum absolute atomic E-state index is 0.106. The highest BCUT2D eigenvalue weighted by molar-refractivity contribution is 6.08. The second kappa shape index (κ2) is 8.63. The Bertz CT molecular complexity index is 1040. The highest BCUT2D eigenvalue weighted by Gasteiger charge is 2.50. The van der Waals surface area contributed by atoms with Crippen molar-refractivity contribution in [3.63, 3.8) is 0 Å². The summed E-state index contributed by atoms with van der Waals surface area (Å²) in [5, 5.41) is 3.48. The summed E-state index contributed by atoms with van der Waals surface area (Å²) < 4.78 is 5.15. The molecule has 0 bridgehead atoms. The number of hydrogen-bond donors (Lipinski definition) is 2. The van der Waals surface area contributed by atoms with Gasteiger partial charge in [-0.1, -0.05) is 36.4 Å². The lowest BCUT2D eigenvalue weighted by Crippen LogP contribution is -2.50. The van der Waals surface area contributed by atoms with Gasteiger partial charge in [0.05, 0.1) is 13.7 Å². The van der Waals surface area contributed by atoms with Crippen molar-refractivity contribution in [3.8, 4) is 5.75 Å². The number of imide groups is 1. The van der Waals surface area contributed by atoms with Crippen LogP contribution < -0.4 is 15.5 Å². The van der Waals surface area contributed by atoms with E-state index in [1.54, 1.807) is 38.3 Å². The van der Waals surface area contributed by atoms with Gasteiger partial charge < -0.3 is 10.1 Å². The molecular weight excluding hydrogens is 408 g/mol. The van der Waals surface area contributed by atoms with Gasteiger partial charge in [0, 0.05) is 6.04 Å². The van der Waals surface area contributed by atoms with Gasteiger partial charge in [0.2, 0.25) is 0 Å². The van der Waals surface area contributed by atoms with Crippen LogP contribution in [0.2, 0.25) is 0 Å². The highest BCUT2D eigenvalue weighted by Crippen LogP contribution is 2.33. The van der Waals surface area contributed by atoms with Crippen LogP contribution in [0.5, 0.6) is 5.75 Å². The smallest absolute Gasteiger partial charge is 0.344 e. The normalized spacial score (nSPS) is 23.3. The summed E-state index contributed by atoms with van der Waals surface area (Å²) in [6, 6.07) is 14.6. The van der Waals surface area contributed by atoms with Crippen LogP contribution in [0.25, 0.3) is 0 Å². The Morgan fingerprint density at radius 2 is 1.91 bits per heavy atom. The molecule has 2 aliphatic rings. The van der Waals surface area contributed by atoms with E-state index < -0.39 is 23.4 Å². The Hall–Kier alpha value is -3.39. The Labute approximate surface area is 187 Å². The fourth-order valence-electron chi connectivity index (χ4n) is 4.53. The van der Waals surface area contributed by atoms with Gasteiger partial charge in [-0.05, 0) is 62.1 Å². The maximum atomic E-state index is 13.1. The number of ether oxygens (including phenoxy) is 1. The van der Waals surface area contributed by atoms with Crippen molar-refractivity contribution >= 4 is 17.8 Å². The zero-order valence-electron chi connectivity index (χ0n) is 18.6. The molecule has 2 atom stereocenters. The topological polar surface area (TPSA) is 91.0 Å². The molecule has 0 aromatic heterocycles. The number of benzene rings is 2. The molecule has 0 aliphatic carbocycles. The average molecular weight is 437 g/mol. The number of carbonyl (C=O) groups is 3. The first-order valence-electron chi connectivity index (χ1n) is 10.7. The standard InChI is InChI=1S/C24H28N4O4/c1-16-7-4-5-8-19(16)20-9-6-14-27(20)15-21(29)26-28-22(30)24(2,25-23(28)31)17-10-12-18(32-3)13-11-17/h4-5,7-8,10-13,20H,6,9,14-15H2,1-3H3,(H,25,31)(H,26,29). The van der Waals surface area contributed by atoms with Crippen molar-refractivity contribution < 1.29 is 19.1 Å². The SMILES string of the molecule is COc1ccc(C2(C)NC(=O)N(NC(=O)CN3CCCC3c3ccccc3C)C2=O)cc1. The molecule has 32 heavy (non-hydrogen) atoms. The van der Waals surface area contributed by atoms with Gasteiger partial charge in [-0.15, -0.1) is 0 Å². The number of nitrogens with zero attached hydrogens (tertiary/aromatic N) is 2. The zero-order chi connectivity index (χ0) is 22.9. The predicted molar refractivity (Wildman–Crippen MR) is 119 cm³/mol. The number of methoxy groups -OCH3 is 1. The number of hydrazine groups is 1. The molecule has 8 heteroatoms. The molecule has 8 nitrogen and oxygen atoms in total. The van der Waals surface area contributed by atoms with E-state index in [0.29, 0.717) is 11.3 Å². The van der Waals surface area contributed by atoms with Gasteiger partial charge in [0.25, 0.3) is 11.8 Å². The van der Waals surface area contributed by atoms with Crippen LogP contribution in [0.3, 0.4) is 0 Å². The van der Waals surface area contributed by atoms with Gasteiger partial charge in [-0.2, -0.15) is 5.01 Å². The third-order valence-corrected chi connectivity index (χ3v) is 6.35. The number of carbonyl (C=O) groups excluding carboxylic acids is 3. The van der Waals surface area contributed by atoms with Gasteiger partial charge >= 0.3 is 6.03 Å². The van der Waals surface area contributed by atoms with E-state index in [1.165, 1.54) is 11.1 Å². The fraction of sp³-hybridized carbons (Fsp3) is 0.375. The first-order valence-corrected chi connectivity index (χ1v) is 10.7. The third-order valence-electron chi connectivity index (χ3n) is 6.35. The van der Waals surface area contributed by atoms with Crippen LogP contribution in [-0.2, 0) is 15.1 Å². The number of hydrogen-bond acceptors (Lipinski definition) is 5. The second-order valence-corrected chi connectivity index (χ2v) is 8.44. The number of aryl methyl sites for hydroxylation is 1. The van der Waals surface area contributed by atoms with Crippen molar-refractivity contribution in [3.05, 3.63) is 65.2 Å². The number of urea groups is 1. The molecule has 2 aliphatic heterocycles. The van der Waals surface area contributed by atoms with Crippen LogP contribution >= 0.6 is 0 Å². The third kappa shape index (κ3) is 3.93. The highest BCUT2D eigenvalue weighted by atomic mass is 16.5. The van der Waals surface area contributed by atoms with E-state index in [0.717, 1.165) is 24.4 Å². The van der Waals surface area contributed by atoms with Crippen LogP contribution in [0.1, 0.15) is 42.5 Å². The fourth-order valence-corrected chi connectivity index (χ4v) is 4.53. The number of likely N-dealkylation sites (tertiary alicyclic amines) is 1. The molecule has 2 N–H and O–H groups in total. The van der Waals surface area contributed by atoms with Gasteiger partial charge in [-0.3, -0.25) is 19.9 Å². The summed E-state index contributed by atoms with van der Waals surface area (Å²) in [5.41, 5.74) is 4.24. The van der Waals surface area contributed by atoms with Gasteiger partial charge in [-0.25, -0.2) is 4.79 Å². The van der Waals surface area contributed by atoms with Gasteiger partial charge in [0.1, 0.15) is 11.3 Å². The maximum Gasteiger partial charge on any atom is 0.344 e. The Balaban J connectivity index is 1.44. The Morgan fingerprint density at radius 1 is 1.19 bits per heavy atom. The molecule has 2 aromatic carbocycles. The van der Waals surface area contributed by atoms with Gasteiger partial charge in [0.15, 0.2) is 0 Å². The number of rotatable bonds is 6. The first-order chi connectivity index (χ1) is 15.3. The molecule has 2 fully saturated rings. The van der Waals surface area contributed by atoms with Crippen LogP contribution in [0.4, 0.5) is 4.79 Å². The predicted octanol–water partition coefficient (Wildman–Crippen LogP) is 2.64. The quantitative estimate of drug-likeness (QED) is 0.680. The second-order valence-electron chi connectivity index (χ2n) is 8.44. The van der Waals surface area contributed by atoms with E-state index in [2.05, 4.69) is 34.7 Å². The molecule has 0 saturated carbocycles. The molecule has 0 spiro atoms. The molecule has 2 aromatic rings. The maximum absolute atomic E-state index is 13.1. The lowest BCUT2D eigenvalue weighted by Gasteiger charge is -2.26. The molecule has 2 saturated heterocycles. The lowest BCUT2D eigenvalue weighted by molar-refractivity contribution is -0.139. The van der Waals surface area contributed by atoms with E-state index in [-0.39, 0.29) is 12.6 Å². The van der Waals surface area contributed by atoms with Crippen molar-refractivity contribution in [2.75, 3.05) is 20.2 Å². The summed E-state index contributed by atoms with van der Waals surface area (Å²) in [4.78, 5) is 40.5. The van der Waals surface area contributed by atoms with Crippen molar-refractivity contribution in [1.29, 1.82) is 0 Å².